The molecular weight excluding hydrogens is 395 g/mol. The number of anilines is 1. The van der Waals surface area contributed by atoms with Crippen LogP contribution in [0.25, 0.3) is 11.1 Å². The Morgan fingerprint density at radius 3 is 2.55 bits per heavy atom. The lowest BCUT2D eigenvalue weighted by Gasteiger charge is -2.35. The number of piperidine rings is 1. The molecule has 3 aromatic rings. The van der Waals surface area contributed by atoms with Gasteiger partial charge in [0.2, 0.25) is 5.95 Å². The first-order valence-corrected chi connectivity index (χ1v) is 10.6. The van der Waals surface area contributed by atoms with Crippen LogP contribution in [0.3, 0.4) is 0 Å². The van der Waals surface area contributed by atoms with E-state index in [4.69, 9.17) is 4.74 Å². The quantitative estimate of drug-likeness (QED) is 0.586. The van der Waals surface area contributed by atoms with Crippen LogP contribution in [0.4, 0.5) is 10.1 Å². The van der Waals surface area contributed by atoms with E-state index in [0.29, 0.717) is 17.2 Å². The van der Waals surface area contributed by atoms with Crippen LogP contribution >= 0.6 is 0 Å². The fourth-order valence-electron chi connectivity index (χ4n) is 4.26. The van der Waals surface area contributed by atoms with Crippen molar-refractivity contribution in [3.05, 3.63) is 54.1 Å². The number of benzene rings is 1. The number of pyridine rings is 1. The Morgan fingerprint density at radius 2 is 1.94 bits per heavy atom. The SMILES string of the molecule is Cn1cnnc1C1CCN(c2c(-c3ccc(F)nc3)ccc(OC3CC3)c2C#N)CC1. The molecule has 2 aliphatic rings. The molecule has 1 aliphatic carbocycles. The number of nitrogens with zero attached hydrogens (tertiary/aromatic N) is 6. The Morgan fingerprint density at radius 1 is 1.13 bits per heavy atom. The van der Waals surface area contributed by atoms with E-state index in [9.17, 15) is 9.65 Å². The molecule has 1 aromatic carbocycles. The molecule has 8 heteroatoms. The standard InChI is InChI=1S/C23H23FN6O/c1-29-14-27-28-23(29)15-8-10-30(11-9-15)22-18(16-2-7-21(24)26-13-16)5-6-20(19(22)12-25)31-17-3-4-17/h2,5-7,13-15,17H,3-4,8-11H2,1H3. The van der Waals surface area contributed by atoms with Crippen LogP contribution < -0.4 is 9.64 Å². The van der Waals surface area contributed by atoms with E-state index in [2.05, 4.69) is 26.2 Å². The maximum Gasteiger partial charge on any atom is 0.212 e. The number of hydrogen-bond donors (Lipinski definition) is 0. The van der Waals surface area contributed by atoms with Gasteiger partial charge in [0.05, 0.1) is 11.8 Å². The minimum absolute atomic E-state index is 0.194. The summed E-state index contributed by atoms with van der Waals surface area (Å²) in [5.74, 6) is 1.42. The zero-order chi connectivity index (χ0) is 21.4. The summed E-state index contributed by atoms with van der Waals surface area (Å²) < 4.78 is 21.4. The smallest absolute Gasteiger partial charge is 0.212 e. The van der Waals surface area contributed by atoms with E-state index < -0.39 is 5.95 Å². The van der Waals surface area contributed by atoms with E-state index in [-0.39, 0.29) is 6.10 Å². The van der Waals surface area contributed by atoms with Crippen molar-refractivity contribution in [2.24, 2.45) is 7.05 Å². The number of halogens is 1. The first-order chi connectivity index (χ1) is 15.1. The summed E-state index contributed by atoms with van der Waals surface area (Å²) in [7, 11) is 1.97. The molecule has 2 aromatic heterocycles. The van der Waals surface area contributed by atoms with Gasteiger partial charge in [0, 0.05) is 43.4 Å². The highest BCUT2D eigenvalue weighted by Gasteiger charge is 2.30. The third-order valence-electron chi connectivity index (χ3n) is 6.03. The molecule has 3 heterocycles. The van der Waals surface area contributed by atoms with Crippen molar-refractivity contribution < 1.29 is 9.13 Å². The molecule has 1 aliphatic heterocycles. The van der Waals surface area contributed by atoms with Crippen molar-refractivity contribution in [1.82, 2.24) is 19.7 Å². The third kappa shape index (κ3) is 3.83. The molecule has 0 atom stereocenters. The second-order valence-electron chi connectivity index (χ2n) is 8.19. The zero-order valence-corrected chi connectivity index (χ0v) is 17.3. The highest BCUT2D eigenvalue weighted by atomic mass is 19.1. The van der Waals surface area contributed by atoms with Gasteiger partial charge in [-0.3, -0.25) is 0 Å². The largest absolute Gasteiger partial charge is 0.489 e. The Balaban J connectivity index is 1.51. The molecule has 0 unspecified atom stereocenters. The highest BCUT2D eigenvalue weighted by Crippen LogP contribution is 2.42. The first kappa shape index (κ1) is 19.5. The van der Waals surface area contributed by atoms with Crippen LogP contribution in [0.2, 0.25) is 0 Å². The van der Waals surface area contributed by atoms with E-state index in [1.54, 1.807) is 12.4 Å². The lowest BCUT2D eigenvalue weighted by molar-refractivity contribution is 0.302. The number of ether oxygens (including phenoxy) is 1. The van der Waals surface area contributed by atoms with Crippen LogP contribution in [0.5, 0.6) is 5.75 Å². The summed E-state index contributed by atoms with van der Waals surface area (Å²) in [5.41, 5.74) is 3.02. The maximum atomic E-state index is 13.4. The average Bonchev–Trinajstić information content (AvgIpc) is 3.51. The van der Waals surface area contributed by atoms with Crippen LogP contribution in [-0.4, -0.2) is 38.9 Å². The maximum absolute atomic E-state index is 13.4. The molecule has 1 saturated carbocycles. The predicted molar refractivity (Wildman–Crippen MR) is 113 cm³/mol. The van der Waals surface area contributed by atoms with Gasteiger partial charge < -0.3 is 14.2 Å². The van der Waals surface area contributed by atoms with E-state index in [0.717, 1.165) is 61.4 Å². The Labute approximate surface area is 180 Å². The summed E-state index contributed by atoms with van der Waals surface area (Å²) in [5, 5.41) is 18.3. The lowest BCUT2D eigenvalue weighted by Crippen LogP contribution is -2.34. The van der Waals surface area contributed by atoms with Gasteiger partial charge in [-0.15, -0.1) is 10.2 Å². The number of nitriles is 1. The monoisotopic (exact) mass is 418 g/mol. The predicted octanol–water partition coefficient (Wildman–Crippen LogP) is 3.81. The molecule has 5 rings (SSSR count). The van der Waals surface area contributed by atoms with Crippen LogP contribution in [0, 0.1) is 17.3 Å². The summed E-state index contributed by atoms with van der Waals surface area (Å²) in [6.45, 7) is 1.56. The molecule has 0 N–H and O–H groups in total. The summed E-state index contributed by atoms with van der Waals surface area (Å²) in [4.78, 5) is 6.06. The average molecular weight is 418 g/mol. The summed E-state index contributed by atoms with van der Waals surface area (Å²) >= 11 is 0. The van der Waals surface area contributed by atoms with E-state index in [1.165, 1.54) is 12.3 Å². The number of aromatic nitrogens is 4. The zero-order valence-electron chi connectivity index (χ0n) is 17.3. The van der Waals surface area contributed by atoms with Gasteiger partial charge in [0.1, 0.15) is 29.5 Å². The van der Waals surface area contributed by atoms with Crippen molar-refractivity contribution in [2.45, 2.75) is 37.7 Å². The first-order valence-electron chi connectivity index (χ1n) is 10.6. The van der Waals surface area contributed by atoms with Gasteiger partial charge in [0.15, 0.2) is 0 Å². The van der Waals surface area contributed by atoms with Crippen LogP contribution in [0.1, 0.15) is 43.0 Å². The van der Waals surface area contributed by atoms with Crippen molar-refractivity contribution in [2.75, 3.05) is 18.0 Å². The van der Waals surface area contributed by atoms with Gasteiger partial charge >= 0.3 is 0 Å². The summed E-state index contributed by atoms with van der Waals surface area (Å²) in [6.07, 6.45) is 7.30. The molecule has 0 radical (unpaired) electrons. The fourth-order valence-corrected chi connectivity index (χ4v) is 4.26. The fraction of sp³-hybridized carbons (Fsp3) is 0.391. The van der Waals surface area contributed by atoms with Gasteiger partial charge in [-0.1, -0.05) is 0 Å². The Hall–Kier alpha value is -3.47. The van der Waals surface area contributed by atoms with Crippen molar-refractivity contribution >= 4 is 5.69 Å². The minimum Gasteiger partial charge on any atom is -0.489 e. The van der Waals surface area contributed by atoms with Crippen molar-refractivity contribution in [1.29, 1.82) is 5.26 Å². The molecule has 0 spiro atoms. The van der Waals surface area contributed by atoms with Crippen molar-refractivity contribution in [3.63, 3.8) is 0 Å². The molecule has 7 nitrogen and oxygen atoms in total. The second kappa shape index (κ2) is 7.99. The van der Waals surface area contributed by atoms with Crippen LogP contribution in [0.15, 0.2) is 36.8 Å². The molecule has 2 fully saturated rings. The number of hydrogen-bond acceptors (Lipinski definition) is 6. The Kier molecular flexibility index (Phi) is 5.02. The molecule has 0 bridgehead atoms. The molecular formula is C23H23FN6O. The molecule has 1 saturated heterocycles. The summed E-state index contributed by atoms with van der Waals surface area (Å²) in [6, 6.07) is 9.24. The normalized spacial score (nSPS) is 16.9. The van der Waals surface area contributed by atoms with Gasteiger partial charge in [-0.05, 0) is 49.9 Å². The van der Waals surface area contributed by atoms with Crippen LogP contribution in [-0.2, 0) is 7.05 Å². The molecule has 158 valence electrons. The van der Waals surface area contributed by atoms with Gasteiger partial charge in [0.25, 0.3) is 0 Å². The topological polar surface area (TPSA) is 79.9 Å². The second-order valence-corrected chi connectivity index (χ2v) is 8.19. The van der Waals surface area contributed by atoms with Gasteiger partial charge in [-0.25, -0.2) is 4.98 Å². The third-order valence-corrected chi connectivity index (χ3v) is 6.03. The highest BCUT2D eigenvalue weighted by molar-refractivity contribution is 5.85. The molecule has 31 heavy (non-hydrogen) atoms. The lowest BCUT2D eigenvalue weighted by atomic mass is 9.93. The van der Waals surface area contributed by atoms with E-state index in [1.807, 2.05) is 23.7 Å². The number of rotatable bonds is 5. The molecule has 0 amide bonds. The minimum atomic E-state index is -0.524. The van der Waals surface area contributed by atoms with Crippen molar-refractivity contribution in [3.8, 4) is 22.9 Å². The van der Waals surface area contributed by atoms with E-state index >= 15 is 0 Å². The van der Waals surface area contributed by atoms with Gasteiger partial charge in [-0.2, -0.15) is 9.65 Å². The Bertz CT molecular complexity index is 1120. The number of aryl methyl sites for hydroxylation is 1.